The van der Waals surface area contributed by atoms with Crippen LogP contribution in [0.4, 0.5) is 11.4 Å². The molecule has 0 spiro atoms. The fourth-order valence-electron chi connectivity index (χ4n) is 2.74. The quantitative estimate of drug-likeness (QED) is 0.539. The minimum Gasteiger partial charge on any atom is -0.378 e. The van der Waals surface area contributed by atoms with Crippen LogP contribution in [0.25, 0.3) is 0 Å². The lowest BCUT2D eigenvalue weighted by Gasteiger charge is -2.20. The highest BCUT2D eigenvalue weighted by atomic mass is 32.2. The Morgan fingerprint density at radius 3 is 1.45 bits per heavy atom. The smallest absolute Gasteiger partial charge is 0.300 e. The maximum Gasteiger partial charge on any atom is 0.300 e. The fraction of sp³-hybridized carbons (Fsp3) is 0.182. The first-order chi connectivity index (χ1) is 13.8. The number of hydrogen-bond acceptors (Lipinski definition) is 5. The summed E-state index contributed by atoms with van der Waals surface area (Å²) in [6.45, 7) is 0. The number of hydrogen-bond donors (Lipinski definition) is 0. The van der Waals surface area contributed by atoms with Crippen molar-refractivity contribution in [1.82, 2.24) is 0 Å². The standard InChI is InChI=1S/C22H25N2O3PS/c1-23(2)18-10-14-20(15-11-18)28(21-16-12-19(13-17-21)24(3)4)27-29(25,26)22-8-6-5-7-9-22/h5-17H,1-4H3. The lowest BCUT2D eigenvalue weighted by molar-refractivity contribution is 0.513. The summed E-state index contributed by atoms with van der Waals surface area (Å²) in [6, 6.07) is 23.9. The van der Waals surface area contributed by atoms with Gasteiger partial charge in [-0.25, -0.2) is 3.97 Å². The van der Waals surface area contributed by atoms with E-state index in [9.17, 15) is 8.42 Å². The van der Waals surface area contributed by atoms with Gasteiger partial charge in [-0.2, -0.15) is 8.42 Å². The minimum absolute atomic E-state index is 0.155. The molecule has 0 N–H and O–H groups in total. The Hall–Kier alpha value is -2.40. The first kappa shape index (κ1) is 21.3. The summed E-state index contributed by atoms with van der Waals surface area (Å²) in [5, 5.41) is 1.67. The lowest BCUT2D eigenvalue weighted by Crippen LogP contribution is -2.18. The average molecular weight is 428 g/mol. The van der Waals surface area contributed by atoms with Crippen LogP contribution in [0.3, 0.4) is 0 Å². The Labute approximate surface area is 174 Å². The number of anilines is 2. The van der Waals surface area contributed by atoms with Crippen molar-refractivity contribution in [2.45, 2.75) is 4.90 Å². The molecule has 0 aliphatic carbocycles. The molecule has 3 rings (SSSR count). The van der Waals surface area contributed by atoms with Crippen LogP contribution in [0, 0.1) is 0 Å². The molecule has 0 aliphatic heterocycles. The summed E-state index contributed by atoms with van der Waals surface area (Å²) in [5.74, 6) is 0. The van der Waals surface area contributed by atoms with Crippen LogP contribution >= 0.6 is 8.15 Å². The van der Waals surface area contributed by atoms with E-state index in [4.69, 9.17) is 3.97 Å². The molecule has 152 valence electrons. The van der Waals surface area contributed by atoms with Crippen LogP contribution in [0.5, 0.6) is 0 Å². The van der Waals surface area contributed by atoms with Crippen molar-refractivity contribution in [2.24, 2.45) is 0 Å². The fourth-order valence-corrected chi connectivity index (χ4v) is 6.18. The average Bonchev–Trinajstić information content (AvgIpc) is 2.73. The number of rotatable bonds is 7. The molecular formula is C22H25N2O3PS. The van der Waals surface area contributed by atoms with Crippen molar-refractivity contribution in [3.05, 3.63) is 78.9 Å². The normalized spacial score (nSPS) is 11.5. The first-order valence-corrected chi connectivity index (χ1v) is 11.8. The molecule has 0 aromatic heterocycles. The predicted molar refractivity (Wildman–Crippen MR) is 122 cm³/mol. The van der Waals surface area contributed by atoms with Crippen LogP contribution in [0.1, 0.15) is 0 Å². The summed E-state index contributed by atoms with van der Waals surface area (Å²) in [4.78, 5) is 4.15. The van der Waals surface area contributed by atoms with Crippen LogP contribution in [-0.4, -0.2) is 36.6 Å². The van der Waals surface area contributed by atoms with Crippen molar-refractivity contribution < 1.29 is 12.4 Å². The lowest BCUT2D eigenvalue weighted by atomic mass is 10.3. The van der Waals surface area contributed by atoms with Gasteiger partial charge in [-0.15, -0.1) is 0 Å². The second-order valence-electron chi connectivity index (χ2n) is 6.96. The molecule has 0 unspecified atom stereocenters. The van der Waals surface area contributed by atoms with Crippen LogP contribution in [0.2, 0.25) is 0 Å². The van der Waals surface area contributed by atoms with E-state index in [1.165, 1.54) is 0 Å². The van der Waals surface area contributed by atoms with Gasteiger partial charge in [-0.05, 0) is 60.7 Å². The molecular weight excluding hydrogens is 403 g/mol. The SMILES string of the molecule is CN(C)c1ccc(P(OS(=O)(=O)c2ccccc2)c2ccc(N(C)C)cc2)cc1. The molecule has 5 nitrogen and oxygen atoms in total. The second kappa shape index (κ2) is 8.95. The summed E-state index contributed by atoms with van der Waals surface area (Å²) >= 11 is 0. The van der Waals surface area contributed by atoms with Gasteiger partial charge >= 0.3 is 10.1 Å². The van der Waals surface area contributed by atoms with Gasteiger partial charge in [0.15, 0.2) is 0 Å². The van der Waals surface area contributed by atoms with E-state index < -0.39 is 18.3 Å². The first-order valence-electron chi connectivity index (χ1n) is 9.12. The molecule has 0 saturated heterocycles. The molecule has 0 heterocycles. The van der Waals surface area contributed by atoms with Crippen molar-refractivity contribution in [1.29, 1.82) is 0 Å². The Kier molecular flexibility index (Phi) is 6.58. The Morgan fingerprint density at radius 1 is 0.655 bits per heavy atom. The molecule has 29 heavy (non-hydrogen) atoms. The molecule has 0 fully saturated rings. The summed E-state index contributed by atoms with van der Waals surface area (Å²) in [5.41, 5.74) is 2.08. The predicted octanol–water partition coefficient (Wildman–Crippen LogP) is 3.57. The van der Waals surface area contributed by atoms with Gasteiger partial charge in [0.2, 0.25) is 0 Å². The molecule has 0 bridgehead atoms. The Morgan fingerprint density at radius 2 is 1.07 bits per heavy atom. The van der Waals surface area contributed by atoms with Crippen LogP contribution in [0.15, 0.2) is 83.8 Å². The highest BCUT2D eigenvalue weighted by Gasteiger charge is 2.25. The van der Waals surface area contributed by atoms with E-state index >= 15 is 0 Å². The molecule has 3 aromatic carbocycles. The van der Waals surface area contributed by atoms with Gasteiger partial charge in [0.1, 0.15) is 8.15 Å². The third kappa shape index (κ3) is 5.15. The van der Waals surface area contributed by atoms with Gasteiger partial charge in [0, 0.05) is 50.2 Å². The largest absolute Gasteiger partial charge is 0.378 e. The zero-order chi connectivity index (χ0) is 21.0. The summed E-state index contributed by atoms with van der Waals surface area (Å²) in [6.07, 6.45) is 0. The van der Waals surface area contributed by atoms with Crippen LogP contribution in [-0.2, 0) is 14.1 Å². The highest BCUT2D eigenvalue weighted by Crippen LogP contribution is 2.39. The van der Waals surface area contributed by atoms with E-state index in [0.717, 1.165) is 22.0 Å². The summed E-state index contributed by atoms with van der Waals surface area (Å²) < 4.78 is 31.6. The number of benzene rings is 3. The molecule has 0 saturated carbocycles. The Balaban J connectivity index is 2.01. The molecule has 0 atom stereocenters. The van der Waals surface area contributed by atoms with Crippen LogP contribution < -0.4 is 20.4 Å². The molecule has 0 amide bonds. The second-order valence-corrected chi connectivity index (χ2v) is 10.6. The van der Waals surface area contributed by atoms with Crippen molar-refractivity contribution in [3.8, 4) is 0 Å². The Bertz CT molecular complexity index is 984. The van der Waals surface area contributed by atoms with Crippen molar-refractivity contribution in [2.75, 3.05) is 38.0 Å². The maximum atomic E-state index is 12.9. The monoisotopic (exact) mass is 428 g/mol. The molecule has 3 aromatic rings. The third-order valence-corrected chi connectivity index (χ3v) is 8.17. The van der Waals surface area contributed by atoms with Gasteiger partial charge < -0.3 is 9.80 Å². The van der Waals surface area contributed by atoms with E-state index in [1.54, 1.807) is 30.3 Å². The third-order valence-electron chi connectivity index (χ3n) is 4.41. The van der Waals surface area contributed by atoms with Gasteiger partial charge in [0.25, 0.3) is 0 Å². The van der Waals surface area contributed by atoms with E-state index in [-0.39, 0.29) is 4.90 Å². The van der Waals surface area contributed by atoms with Gasteiger partial charge in [-0.3, -0.25) is 0 Å². The zero-order valence-electron chi connectivity index (χ0n) is 17.0. The summed E-state index contributed by atoms with van der Waals surface area (Å²) in [7, 11) is 2.41. The van der Waals surface area contributed by atoms with E-state index in [1.807, 2.05) is 86.5 Å². The van der Waals surface area contributed by atoms with Gasteiger partial charge in [-0.1, -0.05) is 18.2 Å². The zero-order valence-corrected chi connectivity index (χ0v) is 18.7. The number of nitrogens with zero attached hydrogens (tertiary/aromatic N) is 2. The molecule has 7 heteroatoms. The highest BCUT2D eigenvalue weighted by molar-refractivity contribution is 7.93. The maximum absolute atomic E-state index is 12.9. The van der Waals surface area contributed by atoms with Crippen molar-refractivity contribution in [3.63, 3.8) is 0 Å². The van der Waals surface area contributed by atoms with E-state index in [0.29, 0.717) is 0 Å². The van der Waals surface area contributed by atoms with E-state index in [2.05, 4.69) is 0 Å². The molecule has 0 radical (unpaired) electrons. The molecule has 0 aliphatic rings. The minimum atomic E-state index is -3.90. The topological polar surface area (TPSA) is 49.9 Å². The van der Waals surface area contributed by atoms with Gasteiger partial charge in [0.05, 0.1) is 4.90 Å². The van der Waals surface area contributed by atoms with Crippen molar-refractivity contribution >= 4 is 40.3 Å².